The quantitative estimate of drug-likeness (QED) is 0.889. The highest BCUT2D eigenvalue weighted by atomic mass is 35.5. The Bertz CT molecular complexity index is 546. The number of halogens is 2. The normalized spacial score (nSPS) is 11.2. The molecular weight excluding hydrogens is 295 g/mol. The van der Waals surface area contributed by atoms with Crippen molar-refractivity contribution >= 4 is 23.2 Å². The highest BCUT2D eigenvalue weighted by molar-refractivity contribution is 6.35. The van der Waals surface area contributed by atoms with E-state index in [0.717, 1.165) is 17.9 Å². The molecule has 0 saturated carbocycles. The van der Waals surface area contributed by atoms with Crippen molar-refractivity contribution in [2.24, 2.45) is 5.92 Å². The summed E-state index contributed by atoms with van der Waals surface area (Å²) in [6, 6.07) is 5.48. The lowest BCUT2D eigenvalue weighted by atomic mass is 10.2. The molecule has 6 heteroatoms. The lowest BCUT2D eigenvalue weighted by Crippen LogP contribution is -2.19. The van der Waals surface area contributed by atoms with Gasteiger partial charge in [-0.25, -0.2) is 9.67 Å². The third kappa shape index (κ3) is 4.20. The Morgan fingerprint density at radius 2 is 1.95 bits per heavy atom. The molecule has 1 aromatic carbocycles. The molecule has 1 heterocycles. The van der Waals surface area contributed by atoms with E-state index < -0.39 is 0 Å². The highest BCUT2D eigenvalue weighted by Crippen LogP contribution is 2.24. The van der Waals surface area contributed by atoms with Gasteiger partial charge in [-0.1, -0.05) is 43.1 Å². The number of rotatable bonds is 6. The molecule has 0 bridgehead atoms. The molecule has 20 heavy (non-hydrogen) atoms. The first-order valence-electron chi connectivity index (χ1n) is 6.58. The molecule has 0 atom stereocenters. The van der Waals surface area contributed by atoms with Crippen molar-refractivity contribution in [2.45, 2.75) is 26.9 Å². The van der Waals surface area contributed by atoms with E-state index in [0.29, 0.717) is 29.1 Å². The van der Waals surface area contributed by atoms with Crippen LogP contribution in [-0.4, -0.2) is 21.3 Å². The van der Waals surface area contributed by atoms with Crippen LogP contribution in [0.2, 0.25) is 10.0 Å². The number of benzene rings is 1. The summed E-state index contributed by atoms with van der Waals surface area (Å²) in [5.74, 6) is 1.38. The van der Waals surface area contributed by atoms with Gasteiger partial charge < -0.3 is 5.32 Å². The molecule has 4 nitrogen and oxygen atoms in total. The Balaban J connectivity index is 1.99. The van der Waals surface area contributed by atoms with Crippen LogP contribution in [0.25, 0.3) is 0 Å². The summed E-state index contributed by atoms with van der Waals surface area (Å²) in [6.45, 7) is 6.47. The monoisotopic (exact) mass is 312 g/mol. The van der Waals surface area contributed by atoms with Crippen molar-refractivity contribution in [1.29, 1.82) is 0 Å². The third-order valence-electron chi connectivity index (χ3n) is 2.80. The topological polar surface area (TPSA) is 42.7 Å². The first kappa shape index (κ1) is 15.3. The average Bonchev–Trinajstić information content (AvgIpc) is 2.81. The zero-order chi connectivity index (χ0) is 14.5. The summed E-state index contributed by atoms with van der Waals surface area (Å²) < 4.78 is 1.75. The average molecular weight is 313 g/mol. The molecule has 2 aromatic rings. The minimum absolute atomic E-state index is 0.523. The molecule has 2 rings (SSSR count). The van der Waals surface area contributed by atoms with Gasteiger partial charge in [0, 0.05) is 15.6 Å². The van der Waals surface area contributed by atoms with Gasteiger partial charge in [-0.3, -0.25) is 0 Å². The van der Waals surface area contributed by atoms with Crippen LogP contribution in [0.3, 0.4) is 0 Å². The van der Waals surface area contributed by atoms with E-state index in [1.807, 2.05) is 18.2 Å². The van der Waals surface area contributed by atoms with Crippen molar-refractivity contribution in [3.05, 3.63) is 46.0 Å². The lowest BCUT2D eigenvalue weighted by Gasteiger charge is -2.06. The second kappa shape index (κ2) is 7.07. The van der Waals surface area contributed by atoms with Crippen LogP contribution in [0.15, 0.2) is 24.5 Å². The molecule has 0 aliphatic carbocycles. The van der Waals surface area contributed by atoms with E-state index >= 15 is 0 Å². The summed E-state index contributed by atoms with van der Waals surface area (Å²) in [4.78, 5) is 4.27. The van der Waals surface area contributed by atoms with Crippen LogP contribution in [0.1, 0.15) is 25.2 Å². The lowest BCUT2D eigenvalue weighted by molar-refractivity contribution is 0.539. The summed E-state index contributed by atoms with van der Waals surface area (Å²) >= 11 is 12.3. The molecule has 0 amide bonds. The van der Waals surface area contributed by atoms with E-state index in [4.69, 9.17) is 23.2 Å². The highest BCUT2D eigenvalue weighted by Gasteiger charge is 2.08. The fourth-order valence-electron chi connectivity index (χ4n) is 1.81. The predicted octanol–water partition coefficient (Wildman–Crippen LogP) is 3.38. The van der Waals surface area contributed by atoms with Crippen LogP contribution < -0.4 is 5.32 Å². The number of nitrogens with one attached hydrogen (secondary N) is 1. The number of nitrogens with zero attached hydrogens (tertiary/aromatic N) is 3. The number of hydrogen-bond donors (Lipinski definition) is 1. The second-order valence-electron chi connectivity index (χ2n) is 5.08. The van der Waals surface area contributed by atoms with Gasteiger partial charge in [0.25, 0.3) is 0 Å². The van der Waals surface area contributed by atoms with Crippen LogP contribution in [0, 0.1) is 5.92 Å². The van der Waals surface area contributed by atoms with Gasteiger partial charge in [-0.2, -0.15) is 5.10 Å². The summed E-state index contributed by atoms with van der Waals surface area (Å²) in [7, 11) is 0. The van der Waals surface area contributed by atoms with Crippen LogP contribution >= 0.6 is 23.2 Å². The smallest absolute Gasteiger partial charge is 0.164 e. The molecule has 0 saturated heterocycles. The molecule has 0 radical (unpaired) electrons. The largest absolute Gasteiger partial charge is 0.310 e. The Hall–Kier alpha value is -1.10. The first-order chi connectivity index (χ1) is 9.56. The van der Waals surface area contributed by atoms with E-state index in [-0.39, 0.29) is 0 Å². The minimum Gasteiger partial charge on any atom is -0.310 e. The van der Waals surface area contributed by atoms with Gasteiger partial charge in [0.2, 0.25) is 0 Å². The van der Waals surface area contributed by atoms with Gasteiger partial charge in [0.05, 0.1) is 13.1 Å². The van der Waals surface area contributed by atoms with Gasteiger partial charge in [0.1, 0.15) is 6.33 Å². The van der Waals surface area contributed by atoms with Gasteiger partial charge in [0.15, 0.2) is 5.82 Å². The van der Waals surface area contributed by atoms with Crippen molar-refractivity contribution in [3.63, 3.8) is 0 Å². The summed E-state index contributed by atoms with van der Waals surface area (Å²) in [5, 5.41) is 9.01. The molecule has 1 aromatic heterocycles. The van der Waals surface area contributed by atoms with Crippen LogP contribution in [-0.2, 0) is 13.1 Å². The Morgan fingerprint density at radius 3 is 2.60 bits per heavy atom. The molecule has 0 aliphatic heterocycles. The van der Waals surface area contributed by atoms with Crippen molar-refractivity contribution in [3.8, 4) is 0 Å². The fourth-order valence-corrected chi connectivity index (χ4v) is 2.33. The Kier molecular flexibility index (Phi) is 5.40. The Morgan fingerprint density at radius 1 is 1.25 bits per heavy atom. The second-order valence-corrected chi connectivity index (χ2v) is 5.90. The molecule has 1 N–H and O–H groups in total. The van der Waals surface area contributed by atoms with E-state index in [1.54, 1.807) is 11.0 Å². The van der Waals surface area contributed by atoms with Crippen molar-refractivity contribution in [1.82, 2.24) is 20.1 Å². The fraction of sp³-hybridized carbons (Fsp3) is 0.429. The molecular formula is C14H18Cl2N4. The van der Waals surface area contributed by atoms with Crippen molar-refractivity contribution < 1.29 is 0 Å². The zero-order valence-electron chi connectivity index (χ0n) is 11.6. The maximum Gasteiger partial charge on any atom is 0.164 e. The standard InChI is InChI=1S/C14H18Cl2N4/c1-10(2)6-17-7-14-18-9-20(19-14)8-11-12(15)4-3-5-13(11)16/h3-5,9-10,17H,6-8H2,1-2H3. The van der Waals surface area contributed by atoms with E-state index in [2.05, 4.69) is 29.2 Å². The van der Waals surface area contributed by atoms with Crippen LogP contribution in [0.5, 0.6) is 0 Å². The minimum atomic E-state index is 0.523. The molecule has 0 aliphatic rings. The molecule has 108 valence electrons. The number of aromatic nitrogens is 3. The molecule has 0 unspecified atom stereocenters. The van der Waals surface area contributed by atoms with Gasteiger partial charge >= 0.3 is 0 Å². The van der Waals surface area contributed by atoms with E-state index in [1.165, 1.54) is 0 Å². The number of hydrogen-bond acceptors (Lipinski definition) is 3. The first-order valence-corrected chi connectivity index (χ1v) is 7.33. The van der Waals surface area contributed by atoms with Crippen molar-refractivity contribution in [2.75, 3.05) is 6.54 Å². The zero-order valence-corrected chi connectivity index (χ0v) is 13.1. The summed E-state index contributed by atoms with van der Waals surface area (Å²) in [5.41, 5.74) is 0.863. The third-order valence-corrected chi connectivity index (χ3v) is 3.51. The molecule has 0 spiro atoms. The maximum absolute atomic E-state index is 6.15. The Labute approximate surface area is 129 Å². The summed E-state index contributed by atoms with van der Waals surface area (Å²) in [6.07, 6.45) is 1.70. The molecule has 0 fully saturated rings. The van der Waals surface area contributed by atoms with Gasteiger partial charge in [-0.05, 0) is 24.6 Å². The van der Waals surface area contributed by atoms with E-state index in [9.17, 15) is 0 Å². The SMILES string of the molecule is CC(C)CNCc1ncn(Cc2c(Cl)cccc2Cl)n1. The van der Waals surface area contributed by atoms with Gasteiger partial charge in [-0.15, -0.1) is 0 Å². The van der Waals surface area contributed by atoms with Crippen LogP contribution in [0.4, 0.5) is 0 Å². The predicted molar refractivity (Wildman–Crippen MR) is 82.1 cm³/mol. The maximum atomic E-state index is 6.15.